The zero-order valence-corrected chi connectivity index (χ0v) is 17.9. The molecule has 2 saturated heterocycles. The van der Waals surface area contributed by atoms with Gasteiger partial charge < -0.3 is 10.1 Å². The minimum absolute atomic E-state index is 0.0470. The molecule has 6 nitrogen and oxygen atoms in total. The fourth-order valence-corrected chi connectivity index (χ4v) is 4.83. The van der Waals surface area contributed by atoms with Gasteiger partial charge in [-0.15, -0.1) is 0 Å². The van der Waals surface area contributed by atoms with E-state index >= 15 is 0 Å². The number of amides is 1. The van der Waals surface area contributed by atoms with Gasteiger partial charge in [0.1, 0.15) is 0 Å². The minimum atomic E-state index is -0.0470. The molecule has 3 heterocycles. The number of fused-ring (bicyclic) bond motifs is 3. The number of benzene rings is 1. The van der Waals surface area contributed by atoms with Gasteiger partial charge >= 0.3 is 0 Å². The molecule has 4 rings (SSSR count). The zero-order valence-electron chi connectivity index (χ0n) is 17.9. The highest BCUT2D eigenvalue weighted by atomic mass is 16.5. The van der Waals surface area contributed by atoms with Crippen LogP contribution in [0.5, 0.6) is 0 Å². The Labute approximate surface area is 173 Å². The van der Waals surface area contributed by atoms with E-state index in [9.17, 15) is 4.79 Å². The lowest BCUT2D eigenvalue weighted by Gasteiger charge is -2.48. The monoisotopic (exact) mass is 398 g/mol. The molecule has 2 aromatic rings. The Bertz CT molecular complexity index is 835. The first kappa shape index (κ1) is 20.4. The lowest BCUT2D eigenvalue weighted by atomic mass is 9.89. The molecular weight excluding hydrogens is 364 g/mol. The van der Waals surface area contributed by atoms with Crippen molar-refractivity contribution < 1.29 is 9.53 Å². The quantitative estimate of drug-likeness (QED) is 0.771. The van der Waals surface area contributed by atoms with Crippen molar-refractivity contribution in [1.82, 2.24) is 20.0 Å². The van der Waals surface area contributed by atoms with E-state index in [0.29, 0.717) is 17.8 Å². The zero-order chi connectivity index (χ0) is 20.4. The van der Waals surface area contributed by atoms with Crippen LogP contribution in [-0.2, 0) is 4.74 Å². The van der Waals surface area contributed by atoms with Gasteiger partial charge in [0.2, 0.25) is 0 Å². The molecule has 1 N–H and O–H groups in total. The van der Waals surface area contributed by atoms with E-state index in [1.54, 1.807) is 0 Å². The molecular formula is C23H34N4O2. The van der Waals surface area contributed by atoms with E-state index in [-0.39, 0.29) is 18.0 Å². The number of piperidine rings is 1. The third kappa shape index (κ3) is 4.05. The second kappa shape index (κ2) is 8.84. The summed E-state index contributed by atoms with van der Waals surface area (Å²) in [6, 6.07) is 9.33. The number of nitrogens with one attached hydrogen (secondary N) is 1. The molecule has 0 saturated carbocycles. The Morgan fingerprint density at radius 2 is 1.97 bits per heavy atom. The van der Waals surface area contributed by atoms with Crippen LogP contribution < -0.4 is 5.32 Å². The van der Waals surface area contributed by atoms with Crippen molar-refractivity contribution in [3.63, 3.8) is 0 Å². The first-order chi connectivity index (χ1) is 14.1. The maximum absolute atomic E-state index is 13.2. The van der Waals surface area contributed by atoms with Crippen LogP contribution >= 0.6 is 0 Å². The van der Waals surface area contributed by atoms with Crippen molar-refractivity contribution in [2.45, 2.75) is 77.0 Å². The summed E-state index contributed by atoms with van der Waals surface area (Å²) < 4.78 is 7.81. The van der Waals surface area contributed by atoms with Gasteiger partial charge in [0, 0.05) is 29.6 Å². The summed E-state index contributed by atoms with van der Waals surface area (Å²) in [6.45, 7) is 9.22. The molecule has 1 amide bonds. The number of para-hydroxylation sites is 1. The van der Waals surface area contributed by atoms with Crippen LogP contribution in [0.15, 0.2) is 24.3 Å². The van der Waals surface area contributed by atoms with Gasteiger partial charge in [-0.1, -0.05) is 38.5 Å². The topological polar surface area (TPSA) is 59.4 Å². The molecule has 0 spiro atoms. The normalized spacial score (nSPS) is 25.8. The molecule has 1 aromatic carbocycles. The van der Waals surface area contributed by atoms with Gasteiger partial charge in [0.25, 0.3) is 5.91 Å². The van der Waals surface area contributed by atoms with Crippen LogP contribution in [0.4, 0.5) is 0 Å². The predicted molar refractivity (Wildman–Crippen MR) is 115 cm³/mol. The first-order valence-corrected chi connectivity index (χ1v) is 11.2. The third-order valence-corrected chi connectivity index (χ3v) is 6.61. The van der Waals surface area contributed by atoms with E-state index in [0.717, 1.165) is 49.9 Å². The minimum Gasteiger partial charge on any atom is -0.378 e. The van der Waals surface area contributed by atoms with Crippen LogP contribution in [0, 0.1) is 0 Å². The van der Waals surface area contributed by atoms with Crippen molar-refractivity contribution in [3.8, 4) is 0 Å². The lowest BCUT2D eigenvalue weighted by molar-refractivity contribution is -0.0802. The van der Waals surface area contributed by atoms with Crippen molar-refractivity contribution in [2.24, 2.45) is 0 Å². The van der Waals surface area contributed by atoms with Gasteiger partial charge in [0.05, 0.1) is 18.7 Å². The van der Waals surface area contributed by atoms with Crippen LogP contribution in [-0.4, -0.2) is 58.5 Å². The van der Waals surface area contributed by atoms with Gasteiger partial charge in [-0.25, -0.2) is 0 Å². The number of morpholine rings is 1. The molecule has 2 fully saturated rings. The summed E-state index contributed by atoms with van der Waals surface area (Å²) in [5, 5.41) is 8.97. The SMILES string of the molecule is CCCCN1[C@@H]2COC[C@H]1C[C@@H](NC(=O)c1nn([C@@H](C)CC)c3ccccc13)C2. The van der Waals surface area contributed by atoms with E-state index < -0.39 is 0 Å². The molecule has 1 aromatic heterocycles. The van der Waals surface area contributed by atoms with Gasteiger partial charge in [0.15, 0.2) is 5.69 Å². The summed E-state index contributed by atoms with van der Waals surface area (Å²) in [5.74, 6) is -0.0470. The average molecular weight is 399 g/mol. The van der Waals surface area contributed by atoms with Gasteiger partial charge in [-0.05, 0) is 45.2 Å². The first-order valence-electron chi connectivity index (χ1n) is 11.2. The maximum Gasteiger partial charge on any atom is 0.272 e. The van der Waals surface area contributed by atoms with E-state index in [1.807, 2.05) is 22.9 Å². The van der Waals surface area contributed by atoms with E-state index in [1.165, 1.54) is 12.8 Å². The van der Waals surface area contributed by atoms with Crippen molar-refractivity contribution in [3.05, 3.63) is 30.0 Å². The number of hydrogen-bond donors (Lipinski definition) is 1. The Kier molecular flexibility index (Phi) is 6.20. The molecule has 158 valence electrons. The Balaban J connectivity index is 1.50. The number of unbranched alkanes of at least 4 members (excludes halogenated alkanes) is 1. The average Bonchev–Trinajstić information content (AvgIpc) is 3.11. The third-order valence-electron chi connectivity index (χ3n) is 6.61. The number of carbonyl (C=O) groups is 1. The lowest BCUT2D eigenvalue weighted by Crippen LogP contribution is -2.60. The van der Waals surface area contributed by atoms with Crippen LogP contribution in [0.25, 0.3) is 10.9 Å². The number of carbonyl (C=O) groups excluding carboxylic acids is 1. The second-order valence-corrected chi connectivity index (χ2v) is 8.65. The van der Waals surface area contributed by atoms with Crippen LogP contribution in [0.1, 0.15) is 69.4 Å². The Hall–Kier alpha value is -1.92. The number of aromatic nitrogens is 2. The molecule has 0 aliphatic carbocycles. The summed E-state index contributed by atoms with van der Waals surface area (Å²) >= 11 is 0. The fourth-order valence-electron chi connectivity index (χ4n) is 4.83. The Morgan fingerprint density at radius 3 is 2.66 bits per heavy atom. The maximum atomic E-state index is 13.2. The number of rotatable bonds is 7. The highest BCUT2D eigenvalue weighted by Crippen LogP contribution is 2.29. The van der Waals surface area contributed by atoms with Crippen molar-refractivity contribution in [1.29, 1.82) is 0 Å². The van der Waals surface area contributed by atoms with Crippen LogP contribution in [0.2, 0.25) is 0 Å². The molecule has 6 heteroatoms. The Morgan fingerprint density at radius 1 is 1.24 bits per heavy atom. The molecule has 2 bridgehead atoms. The molecule has 29 heavy (non-hydrogen) atoms. The largest absolute Gasteiger partial charge is 0.378 e. The van der Waals surface area contributed by atoms with Crippen LogP contribution in [0.3, 0.4) is 0 Å². The molecule has 2 aliphatic rings. The molecule has 0 radical (unpaired) electrons. The van der Waals surface area contributed by atoms with E-state index in [2.05, 4.69) is 37.1 Å². The highest BCUT2D eigenvalue weighted by Gasteiger charge is 2.39. The molecule has 0 unspecified atom stereocenters. The predicted octanol–water partition coefficient (Wildman–Crippen LogP) is 3.77. The number of ether oxygens (including phenoxy) is 1. The van der Waals surface area contributed by atoms with Gasteiger partial charge in [-0.2, -0.15) is 5.10 Å². The summed E-state index contributed by atoms with van der Waals surface area (Å²) in [5.41, 5.74) is 1.59. The second-order valence-electron chi connectivity index (χ2n) is 8.65. The van der Waals surface area contributed by atoms with Crippen molar-refractivity contribution >= 4 is 16.8 Å². The molecule has 4 atom stereocenters. The van der Waals surface area contributed by atoms with E-state index in [4.69, 9.17) is 9.84 Å². The van der Waals surface area contributed by atoms with Gasteiger partial charge in [-0.3, -0.25) is 14.4 Å². The summed E-state index contributed by atoms with van der Waals surface area (Å²) in [6.07, 6.45) is 5.32. The highest BCUT2D eigenvalue weighted by molar-refractivity contribution is 6.05. The fraction of sp³-hybridized carbons (Fsp3) is 0.652. The van der Waals surface area contributed by atoms with Crippen molar-refractivity contribution in [2.75, 3.05) is 19.8 Å². The summed E-state index contributed by atoms with van der Waals surface area (Å²) in [4.78, 5) is 15.8. The summed E-state index contributed by atoms with van der Waals surface area (Å²) in [7, 11) is 0. The molecule has 2 aliphatic heterocycles. The number of nitrogens with zero attached hydrogens (tertiary/aromatic N) is 3. The standard InChI is InChI=1S/C23H34N4O2/c1-4-6-11-26-18-12-17(13-19(26)15-29-14-18)24-23(28)22-20-9-7-8-10-21(20)27(25-22)16(3)5-2/h7-10,16-19H,4-6,11-15H2,1-3H3,(H,24,28)/t16-,17-,18-,19+/m0/s1. The smallest absolute Gasteiger partial charge is 0.272 e. The number of hydrogen-bond acceptors (Lipinski definition) is 4.